The van der Waals surface area contributed by atoms with Crippen molar-refractivity contribution in [3.05, 3.63) is 23.8 Å². The molecule has 3 N–H and O–H groups in total. The van der Waals surface area contributed by atoms with Crippen molar-refractivity contribution in [2.24, 2.45) is 0 Å². The lowest BCUT2D eigenvalue weighted by atomic mass is 10.2. The molecule has 0 spiro atoms. The molecular formula is C7H7NO4S. The Morgan fingerprint density at radius 3 is 2.46 bits per heavy atom. The van der Waals surface area contributed by atoms with Crippen LogP contribution in [0.1, 0.15) is 10.4 Å². The lowest BCUT2D eigenvalue weighted by Crippen LogP contribution is -2.02. The first-order valence-electron chi connectivity index (χ1n) is 3.29. The summed E-state index contributed by atoms with van der Waals surface area (Å²) in [4.78, 5) is 10.5. The van der Waals surface area contributed by atoms with E-state index in [1.165, 1.54) is 12.1 Å². The SMILES string of the molecule is Nc1ccc([SH](=O)=O)cc1C(=O)O. The minimum Gasteiger partial charge on any atom is -0.478 e. The number of benzene rings is 1. The van der Waals surface area contributed by atoms with Crippen molar-refractivity contribution in [1.82, 2.24) is 0 Å². The van der Waals surface area contributed by atoms with Gasteiger partial charge in [0.05, 0.1) is 10.5 Å². The predicted molar refractivity (Wildman–Crippen MR) is 46.4 cm³/mol. The fourth-order valence-electron chi connectivity index (χ4n) is 0.843. The van der Waals surface area contributed by atoms with Crippen molar-refractivity contribution < 1.29 is 18.3 Å². The lowest BCUT2D eigenvalue weighted by molar-refractivity contribution is 0.0698. The van der Waals surface area contributed by atoms with Gasteiger partial charge in [0.15, 0.2) is 10.7 Å². The smallest absolute Gasteiger partial charge is 0.337 e. The van der Waals surface area contributed by atoms with Crippen molar-refractivity contribution in [2.75, 3.05) is 5.73 Å². The number of rotatable bonds is 2. The van der Waals surface area contributed by atoms with Gasteiger partial charge >= 0.3 is 5.97 Å². The number of nitrogen functional groups attached to an aromatic ring is 1. The van der Waals surface area contributed by atoms with E-state index in [9.17, 15) is 13.2 Å². The van der Waals surface area contributed by atoms with Crippen LogP contribution in [0.15, 0.2) is 23.1 Å². The van der Waals surface area contributed by atoms with Crippen LogP contribution in [-0.2, 0) is 10.7 Å². The van der Waals surface area contributed by atoms with Crippen LogP contribution in [0.2, 0.25) is 0 Å². The maximum Gasteiger partial charge on any atom is 0.337 e. The van der Waals surface area contributed by atoms with Crippen LogP contribution >= 0.6 is 0 Å². The third-order valence-corrected chi connectivity index (χ3v) is 2.18. The summed E-state index contributed by atoms with van der Waals surface area (Å²) in [6, 6.07) is 3.54. The molecule has 0 bridgehead atoms. The Labute approximate surface area is 75.7 Å². The number of hydrogen-bond donors (Lipinski definition) is 3. The molecule has 1 aromatic carbocycles. The van der Waals surface area contributed by atoms with Gasteiger partial charge in [-0.3, -0.25) is 0 Å². The first kappa shape index (κ1) is 9.53. The van der Waals surface area contributed by atoms with Crippen molar-refractivity contribution in [3.63, 3.8) is 0 Å². The number of carboxylic acid groups (broad SMARTS) is 1. The Balaban J connectivity index is 3.35. The first-order valence-corrected chi connectivity index (χ1v) is 4.47. The number of carbonyl (C=O) groups is 1. The zero-order valence-electron chi connectivity index (χ0n) is 6.43. The topological polar surface area (TPSA) is 97.5 Å². The van der Waals surface area contributed by atoms with Gasteiger partial charge in [0.25, 0.3) is 0 Å². The molecule has 0 amide bonds. The third-order valence-electron chi connectivity index (χ3n) is 1.48. The van der Waals surface area contributed by atoms with Crippen LogP contribution in [0.3, 0.4) is 0 Å². The second-order valence-corrected chi connectivity index (χ2v) is 3.36. The summed E-state index contributed by atoms with van der Waals surface area (Å²) in [6.45, 7) is 0. The van der Waals surface area contributed by atoms with E-state index in [0.717, 1.165) is 6.07 Å². The third kappa shape index (κ3) is 1.97. The van der Waals surface area contributed by atoms with Gasteiger partial charge < -0.3 is 10.8 Å². The molecule has 0 atom stereocenters. The van der Waals surface area contributed by atoms with Gasteiger partial charge in [0.2, 0.25) is 0 Å². The molecule has 5 nitrogen and oxygen atoms in total. The highest BCUT2D eigenvalue weighted by atomic mass is 32.2. The molecule has 0 unspecified atom stereocenters. The maximum atomic E-state index is 10.5. The molecule has 1 rings (SSSR count). The van der Waals surface area contributed by atoms with E-state index in [-0.39, 0.29) is 16.1 Å². The number of aromatic carboxylic acids is 1. The fourth-order valence-corrected chi connectivity index (χ4v) is 1.27. The molecule has 0 heterocycles. The zero-order chi connectivity index (χ0) is 10.0. The quantitative estimate of drug-likeness (QED) is 0.460. The van der Waals surface area contributed by atoms with Crippen molar-refractivity contribution >= 4 is 22.4 Å². The zero-order valence-corrected chi connectivity index (χ0v) is 7.32. The molecule has 1 aromatic rings. The summed E-state index contributed by atoms with van der Waals surface area (Å²) >= 11 is 0. The summed E-state index contributed by atoms with van der Waals surface area (Å²) < 4.78 is 21.0. The van der Waals surface area contributed by atoms with Crippen LogP contribution in [0, 0.1) is 0 Å². The normalized spacial score (nSPS) is 10.2. The van der Waals surface area contributed by atoms with E-state index in [4.69, 9.17) is 10.8 Å². The monoisotopic (exact) mass is 201 g/mol. The molecule has 6 heteroatoms. The van der Waals surface area contributed by atoms with E-state index in [1.54, 1.807) is 0 Å². The van der Waals surface area contributed by atoms with Gasteiger partial charge in [-0.25, -0.2) is 13.2 Å². The van der Waals surface area contributed by atoms with Gasteiger partial charge in [-0.05, 0) is 18.2 Å². The minimum atomic E-state index is -2.77. The highest BCUT2D eigenvalue weighted by Crippen LogP contribution is 2.14. The molecule has 0 aliphatic carbocycles. The predicted octanol–water partition coefficient (Wildman–Crippen LogP) is -0.0627. The van der Waals surface area contributed by atoms with E-state index >= 15 is 0 Å². The molecular weight excluding hydrogens is 194 g/mol. The van der Waals surface area contributed by atoms with Gasteiger partial charge in [0.1, 0.15) is 0 Å². The maximum absolute atomic E-state index is 10.5. The molecule has 0 saturated carbocycles. The number of thiol groups is 1. The second kappa shape index (κ2) is 3.44. The van der Waals surface area contributed by atoms with Crippen LogP contribution < -0.4 is 5.73 Å². The number of anilines is 1. The highest BCUT2D eigenvalue weighted by Gasteiger charge is 2.08. The van der Waals surface area contributed by atoms with Crippen molar-refractivity contribution in [3.8, 4) is 0 Å². The van der Waals surface area contributed by atoms with Crippen molar-refractivity contribution in [1.29, 1.82) is 0 Å². The molecule has 0 radical (unpaired) electrons. The average Bonchev–Trinajstić information content (AvgIpc) is 2.04. The van der Waals surface area contributed by atoms with Gasteiger partial charge in [0, 0.05) is 5.69 Å². The van der Waals surface area contributed by atoms with Crippen molar-refractivity contribution in [2.45, 2.75) is 4.90 Å². The number of carboxylic acids is 1. The summed E-state index contributed by atoms with van der Waals surface area (Å²) in [5, 5.41) is 8.59. The molecule has 0 aliphatic heterocycles. The van der Waals surface area contributed by atoms with E-state index in [0.29, 0.717) is 0 Å². The lowest BCUT2D eigenvalue weighted by Gasteiger charge is -1.99. The minimum absolute atomic E-state index is 0.0492. The van der Waals surface area contributed by atoms with E-state index < -0.39 is 16.7 Å². The summed E-state index contributed by atoms with van der Waals surface area (Å²) in [5.41, 5.74) is 5.16. The fraction of sp³-hybridized carbons (Fsp3) is 0. The van der Waals surface area contributed by atoms with Gasteiger partial charge in [-0.15, -0.1) is 0 Å². The molecule has 0 aromatic heterocycles. The second-order valence-electron chi connectivity index (χ2n) is 2.33. The Bertz CT molecular complexity index is 417. The highest BCUT2D eigenvalue weighted by molar-refractivity contribution is 7.72. The summed E-state index contributed by atoms with van der Waals surface area (Å²) in [7, 11) is -2.77. The number of nitrogens with two attached hydrogens (primary N) is 1. The van der Waals surface area contributed by atoms with Crippen LogP contribution in [0.4, 0.5) is 5.69 Å². The van der Waals surface area contributed by atoms with E-state index in [2.05, 4.69) is 0 Å². The molecule has 70 valence electrons. The van der Waals surface area contributed by atoms with Crippen LogP contribution in [-0.4, -0.2) is 19.5 Å². The van der Waals surface area contributed by atoms with Crippen LogP contribution in [0.25, 0.3) is 0 Å². The molecule has 13 heavy (non-hydrogen) atoms. The van der Waals surface area contributed by atoms with Gasteiger partial charge in [-0.1, -0.05) is 0 Å². The first-order chi connectivity index (χ1) is 6.02. The Kier molecular flexibility index (Phi) is 2.52. The average molecular weight is 201 g/mol. The van der Waals surface area contributed by atoms with Crippen LogP contribution in [0.5, 0.6) is 0 Å². The molecule has 0 aliphatic rings. The molecule has 0 saturated heterocycles. The van der Waals surface area contributed by atoms with E-state index in [1.807, 2.05) is 0 Å². The Morgan fingerprint density at radius 2 is 2.00 bits per heavy atom. The number of hydrogen-bond acceptors (Lipinski definition) is 4. The molecule has 0 fully saturated rings. The summed E-state index contributed by atoms with van der Waals surface area (Å²) in [6.07, 6.45) is 0. The largest absolute Gasteiger partial charge is 0.478 e. The Hall–Kier alpha value is -1.56. The summed E-state index contributed by atoms with van der Waals surface area (Å²) in [5.74, 6) is -1.24. The van der Waals surface area contributed by atoms with Gasteiger partial charge in [-0.2, -0.15) is 0 Å². The Morgan fingerprint density at radius 1 is 1.38 bits per heavy atom. The standard InChI is InChI=1S/C7H7NO4S/c8-6-2-1-4(13(11)12)3-5(6)7(9)10/h1-3,13H,8H2,(H,9,10).